The molecule has 3 aliphatic rings. The second-order valence-electron chi connectivity index (χ2n) is 16.6. The summed E-state index contributed by atoms with van der Waals surface area (Å²) >= 11 is 7.88. The number of amides is 2. The second-order valence-corrected chi connectivity index (χ2v) is 18.0. The fourth-order valence-electron chi connectivity index (χ4n) is 7.72. The van der Waals surface area contributed by atoms with Crippen molar-refractivity contribution in [3.8, 4) is 29.0 Å². The Morgan fingerprint density at radius 3 is 2.54 bits per heavy atom. The number of alkyl halides is 1. The van der Waals surface area contributed by atoms with Gasteiger partial charge in [-0.3, -0.25) is 10.2 Å². The largest absolute Gasteiger partial charge is 0.489 e. The van der Waals surface area contributed by atoms with Crippen LogP contribution in [0.5, 0.6) is 11.8 Å². The third-order valence-electron chi connectivity index (χ3n) is 10.1. The lowest BCUT2D eigenvalue weighted by Gasteiger charge is -2.31. The highest BCUT2D eigenvalue weighted by molar-refractivity contribution is 7.23. The van der Waals surface area contributed by atoms with Crippen molar-refractivity contribution in [2.45, 2.75) is 89.8 Å². The molecule has 0 radical (unpaired) electrons. The molecule has 0 aliphatic carbocycles. The van der Waals surface area contributed by atoms with E-state index in [0.29, 0.717) is 13.0 Å². The minimum absolute atomic E-state index is 0.000672. The molecular formula is C39H43ClF3N7O6S. The maximum Gasteiger partial charge on any atom is 0.412 e. The second kappa shape index (κ2) is 14.9. The quantitative estimate of drug-likeness (QED) is 0.185. The lowest BCUT2D eigenvalue weighted by atomic mass is 9.95. The van der Waals surface area contributed by atoms with Crippen molar-refractivity contribution in [1.29, 1.82) is 5.26 Å². The van der Waals surface area contributed by atoms with E-state index in [1.807, 2.05) is 6.07 Å². The number of alkyl carbamates (subject to hydrolysis) is 1. The van der Waals surface area contributed by atoms with Gasteiger partial charge in [0.2, 0.25) is 0 Å². The number of carbonyl (C=O) groups excluding carboxylic acids is 2. The standard InChI is InChI=1S/C39H43ClF3N7O6S/c1-37(2,3)55-35(51)45-15-20-17-53-30-26-29(46-34(47-32(26)49(20)7)54-18-39-11-8-12-50(39)16-19(41)13-39)28(43)25(27(30)40)21-9-10-23(42)31-24(21)22(14-44)33(57-31)48-36(52)56-38(4,5)6/h9-10,19-20H,8,11-13,15-18H2,1-7H3,(H,45,51)(H,48,52)/t19?,20-,39-/m0/s1. The number of hydrogen-bond acceptors (Lipinski definition) is 12. The van der Waals surface area contributed by atoms with E-state index in [4.69, 9.17) is 35.5 Å². The molecule has 2 saturated heterocycles. The van der Waals surface area contributed by atoms with Gasteiger partial charge >= 0.3 is 18.2 Å². The average molecular weight is 830 g/mol. The number of hydrogen-bond donors (Lipinski definition) is 2. The first-order valence-corrected chi connectivity index (χ1v) is 19.7. The van der Waals surface area contributed by atoms with E-state index in [1.54, 1.807) is 53.5 Å². The van der Waals surface area contributed by atoms with Crippen LogP contribution in [0, 0.1) is 23.0 Å². The molecule has 3 atom stereocenters. The Balaban J connectivity index is 1.37. The number of carbonyl (C=O) groups is 2. The SMILES string of the molecule is CN1c2nc(OC[C@@]34CCCN3CC(F)C4)nc3c(F)c(-c4ccc(F)c5sc(NC(=O)OC(C)(C)C)c(C#N)c45)c(Cl)c(c23)OC[C@@H]1CNC(=O)OC(C)(C)C. The predicted octanol–water partition coefficient (Wildman–Crippen LogP) is 8.34. The highest BCUT2D eigenvalue weighted by atomic mass is 35.5. The van der Waals surface area contributed by atoms with Crippen molar-refractivity contribution >= 4 is 66.9 Å². The maximum atomic E-state index is 17.5. The number of fused-ring (bicyclic) bond motifs is 2. The lowest BCUT2D eigenvalue weighted by molar-refractivity contribution is 0.0520. The van der Waals surface area contributed by atoms with Crippen molar-refractivity contribution < 1.29 is 41.7 Å². The molecule has 0 spiro atoms. The Bertz CT molecular complexity index is 2330. The Kier molecular flexibility index (Phi) is 10.5. The third kappa shape index (κ3) is 7.79. The van der Waals surface area contributed by atoms with Crippen molar-refractivity contribution in [2.75, 3.05) is 50.1 Å². The van der Waals surface area contributed by atoms with Crippen LogP contribution in [0.2, 0.25) is 5.02 Å². The summed E-state index contributed by atoms with van der Waals surface area (Å²) in [5, 5.41) is 15.5. The van der Waals surface area contributed by atoms with E-state index >= 15 is 8.78 Å². The van der Waals surface area contributed by atoms with Gasteiger partial charge in [0.25, 0.3) is 0 Å². The molecule has 18 heteroatoms. The van der Waals surface area contributed by atoms with Gasteiger partial charge in [0.05, 0.1) is 32.3 Å². The van der Waals surface area contributed by atoms with E-state index in [1.165, 1.54) is 6.07 Å². The van der Waals surface area contributed by atoms with Crippen molar-refractivity contribution in [2.24, 2.45) is 0 Å². The van der Waals surface area contributed by atoms with Gasteiger partial charge in [-0.2, -0.15) is 15.2 Å². The highest BCUT2D eigenvalue weighted by Crippen LogP contribution is 2.51. The molecule has 2 fully saturated rings. The molecule has 7 rings (SSSR count). The molecule has 2 N–H and O–H groups in total. The molecular weight excluding hydrogens is 787 g/mol. The number of anilines is 2. The molecule has 2 aromatic heterocycles. The lowest BCUT2D eigenvalue weighted by Crippen LogP contribution is -2.46. The zero-order valence-electron chi connectivity index (χ0n) is 32.6. The Hall–Kier alpha value is -4.79. The monoisotopic (exact) mass is 829 g/mol. The van der Waals surface area contributed by atoms with Crippen LogP contribution in [0.3, 0.4) is 0 Å². The summed E-state index contributed by atoms with van der Waals surface area (Å²) in [4.78, 5) is 38.5. The molecule has 57 heavy (non-hydrogen) atoms. The molecule has 304 valence electrons. The number of thiophene rings is 1. The topological polar surface area (TPSA) is 151 Å². The van der Waals surface area contributed by atoms with E-state index in [-0.39, 0.29) is 91.5 Å². The van der Waals surface area contributed by atoms with Crippen LogP contribution >= 0.6 is 22.9 Å². The summed E-state index contributed by atoms with van der Waals surface area (Å²) in [5.74, 6) is -1.47. The Morgan fingerprint density at radius 1 is 1.12 bits per heavy atom. The normalized spacial score (nSPS) is 20.8. The van der Waals surface area contributed by atoms with Crippen molar-refractivity contribution in [3.05, 3.63) is 34.4 Å². The van der Waals surface area contributed by atoms with Crippen LogP contribution in [-0.4, -0.2) is 95.9 Å². The van der Waals surface area contributed by atoms with E-state index < -0.39 is 52.8 Å². The summed E-state index contributed by atoms with van der Waals surface area (Å²) in [6.07, 6.45) is -0.663. The fourth-order valence-corrected chi connectivity index (χ4v) is 9.12. The number of likely N-dealkylation sites (N-methyl/N-ethyl adjacent to an activating group) is 1. The van der Waals surface area contributed by atoms with Crippen LogP contribution in [0.15, 0.2) is 12.1 Å². The minimum Gasteiger partial charge on any atom is -0.489 e. The van der Waals surface area contributed by atoms with Crippen LogP contribution < -0.4 is 25.0 Å². The van der Waals surface area contributed by atoms with E-state index in [2.05, 4.69) is 20.5 Å². The number of aromatic nitrogens is 2. The van der Waals surface area contributed by atoms with E-state index in [9.17, 15) is 19.2 Å². The summed E-state index contributed by atoms with van der Waals surface area (Å²) in [7, 11) is 1.69. The number of nitriles is 1. The smallest absolute Gasteiger partial charge is 0.412 e. The number of nitrogens with zero attached hydrogens (tertiary/aromatic N) is 5. The number of benzene rings is 2. The molecule has 13 nitrogen and oxygen atoms in total. The molecule has 5 heterocycles. The van der Waals surface area contributed by atoms with Gasteiger partial charge < -0.3 is 29.2 Å². The summed E-state index contributed by atoms with van der Waals surface area (Å²) < 4.78 is 70.9. The first-order valence-electron chi connectivity index (χ1n) is 18.5. The minimum atomic E-state index is -1.01. The number of halogens is 4. The number of nitrogens with one attached hydrogen (secondary N) is 2. The Labute approximate surface area is 336 Å². The van der Waals surface area contributed by atoms with Gasteiger partial charge in [0.1, 0.15) is 58.8 Å². The van der Waals surface area contributed by atoms with Gasteiger partial charge in [0.15, 0.2) is 11.6 Å². The van der Waals surface area contributed by atoms with E-state index in [0.717, 1.165) is 30.4 Å². The fraction of sp³-hybridized carbons (Fsp3) is 0.513. The average Bonchev–Trinajstić information content (AvgIpc) is 3.74. The summed E-state index contributed by atoms with van der Waals surface area (Å²) in [6.45, 7) is 11.3. The van der Waals surface area contributed by atoms with Crippen molar-refractivity contribution in [3.63, 3.8) is 0 Å². The van der Waals surface area contributed by atoms with Gasteiger partial charge in [-0.05, 0) is 72.6 Å². The third-order valence-corrected chi connectivity index (χ3v) is 11.6. The van der Waals surface area contributed by atoms with Crippen LogP contribution in [0.4, 0.5) is 33.6 Å². The maximum absolute atomic E-state index is 17.5. The van der Waals surface area contributed by atoms with Gasteiger partial charge in [-0.25, -0.2) is 22.8 Å². The summed E-state index contributed by atoms with van der Waals surface area (Å²) in [6, 6.07) is 3.66. The van der Waals surface area contributed by atoms with Crippen LogP contribution in [-0.2, 0) is 9.47 Å². The molecule has 0 saturated carbocycles. The van der Waals surface area contributed by atoms with Crippen LogP contribution in [0.1, 0.15) is 66.4 Å². The Morgan fingerprint density at radius 2 is 1.84 bits per heavy atom. The molecule has 4 aromatic rings. The molecule has 3 aliphatic heterocycles. The molecule has 0 bridgehead atoms. The van der Waals surface area contributed by atoms with Gasteiger partial charge in [-0.1, -0.05) is 17.7 Å². The molecule has 2 aromatic carbocycles. The van der Waals surface area contributed by atoms with Crippen molar-refractivity contribution in [1.82, 2.24) is 20.2 Å². The predicted molar refractivity (Wildman–Crippen MR) is 210 cm³/mol. The first kappa shape index (κ1) is 40.4. The molecule has 1 unspecified atom stereocenters. The zero-order valence-corrected chi connectivity index (χ0v) is 34.1. The number of ether oxygens (including phenoxy) is 4. The first-order chi connectivity index (χ1) is 26.8. The zero-order chi connectivity index (χ0) is 41.2. The van der Waals surface area contributed by atoms with Crippen LogP contribution in [0.25, 0.3) is 32.1 Å². The number of rotatable bonds is 7. The van der Waals surface area contributed by atoms with Gasteiger partial charge in [-0.15, -0.1) is 11.3 Å². The highest BCUT2D eigenvalue weighted by Gasteiger charge is 2.49. The molecule has 2 amide bonds. The van der Waals surface area contributed by atoms with Gasteiger partial charge in [0, 0.05) is 37.5 Å². The summed E-state index contributed by atoms with van der Waals surface area (Å²) in [5.41, 5.74) is -2.77.